The summed E-state index contributed by atoms with van der Waals surface area (Å²) in [5.41, 5.74) is 0.0509. The quantitative estimate of drug-likeness (QED) is 0.371. The zero-order chi connectivity index (χ0) is 7.99. The van der Waals surface area contributed by atoms with Crippen molar-refractivity contribution in [2.45, 2.75) is 25.2 Å². The van der Waals surface area contributed by atoms with Crippen LogP contribution in [0.15, 0.2) is 11.6 Å². The Balaban J connectivity index is 2.92. The third-order valence-electron chi connectivity index (χ3n) is 1.42. The molecule has 1 rings (SSSR count). The molecule has 0 spiro atoms. The Kier molecular flexibility index (Phi) is 1.31. The molecule has 0 N–H and O–H groups in total. The maximum absolute atomic E-state index is 12.2. The van der Waals surface area contributed by atoms with Crippen molar-refractivity contribution in [3.63, 3.8) is 0 Å². The molecule has 0 atom stereocenters. The maximum atomic E-state index is 12.2. The molecule has 0 aliphatic heterocycles. The van der Waals surface area contributed by atoms with Gasteiger partial charge in [0.25, 0.3) is 0 Å². The standard InChI is InChI=1S/C6H6F4/c1-4-2-5(7,8)6(9,10)3-4/h2H,3H2,1H3. The number of hydrogen-bond acceptors (Lipinski definition) is 0. The Bertz CT molecular complexity index is 180. The monoisotopic (exact) mass is 154 g/mol. The first kappa shape index (κ1) is 7.57. The number of alkyl halides is 4. The summed E-state index contributed by atoms with van der Waals surface area (Å²) in [4.78, 5) is 0. The van der Waals surface area contributed by atoms with Gasteiger partial charge in [-0.05, 0) is 13.0 Å². The van der Waals surface area contributed by atoms with Crippen LogP contribution in [0.25, 0.3) is 0 Å². The third kappa shape index (κ3) is 0.914. The van der Waals surface area contributed by atoms with Crippen LogP contribution in [0.5, 0.6) is 0 Å². The molecule has 0 saturated carbocycles. The molecule has 1 aliphatic carbocycles. The van der Waals surface area contributed by atoms with Crippen molar-refractivity contribution in [1.82, 2.24) is 0 Å². The number of hydrogen-bond donors (Lipinski definition) is 0. The molecule has 0 aromatic carbocycles. The summed E-state index contributed by atoms with van der Waals surface area (Å²) in [7, 11) is 0. The minimum absolute atomic E-state index is 0.0509. The average Bonchev–Trinajstić information content (AvgIpc) is 1.73. The second kappa shape index (κ2) is 1.74. The fourth-order valence-electron chi connectivity index (χ4n) is 0.934. The Hall–Kier alpha value is -0.540. The molecule has 0 nitrogen and oxygen atoms in total. The van der Waals surface area contributed by atoms with E-state index in [-0.39, 0.29) is 5.57 Å². The van der Waals surface area contributed by atoms with Crippen LogP contribution in [0.2, 0.25) is 0 Å². The van der Waals surface area contributed by atoms with E-state index in [1.807, 2.05) is 0 Å². The highest BCUT2D eigenvalue weighted by Crippen LogP contribution is 2.45. The number of allylic oxidation sites excluding steroid dienone is 2. The molecule has 0 amide bonds. The second-order valence-corrected chi connectivity index (χ2v) is 2.49. The van der Waals surface area contributed by atoms with E-state index in [1.54, 1.807) is 0 Å². The highest BCUT2D eigenvalue weighted by Gasteiger charge is 2.58. The van der Waals surface area contributed by atoms with Crippen molar-refractivity contribution in [2.24, 2.45) is 0 Å². The summed E-state index contributed by atoms with van der Waals surface area (Å²) in [5.74, 6) is -7.80. The van der Waals surface area contributed by atoms with E-state index in [2.05, 4.69) is 0 Å². The van der Waals surface area contributed by atoms with Crippen LogP contribution >= 0.6 is 0 Å². The fraction of sp³-hybridized carbons (Fsp3) is 0.667. The lowest BCUT2D eigenvalue weighted by Crippen LogP contribution is -2.34. The van der Waals surface area contributed by atoms with Gasteiger partial charge in [-0.25, -0.2) is 0 Å². The predicted molar refractivity (Wildman–Crippen MR) is 28.3 cm³/mol. The largest absolute Gasteiger partial charge is 0.329 e. The second-order valence-electron chi connectivity index (χ2n) is 2.49. The average molecular weight is 154 g/mol. The lowest BCUT2D eigenvalue weighted by atomic mass is 10.2. The summed E-state index contributed by atoms with van der Waals surface area (Å²) in [6.45, 7) is 1.27. The predicted octanol–water partition coefficient (Wildman–Crippen LogP) is 2.61. The van der Waals surface area contributed by atoms with Crippen molar-refractivity contribution in [2.75, 3.05) is 0 Å². The molecule has 0 aromatic heterocycles. The van der Waals surface area contributed by atoms with Crippen molar-refractivity contribution >= 4 is 0 Å². The van der Waals surface area contributed by atoms with Gasteiger partial charge in [-0.1, -0.05) is 5.57 Å². The molecular formula is C6H6F4. The van der Waals surface area contributed by atoms with Crippen LogP contribution in [0, 0.1) is 0 Å². The van der Waals surface area contributed by atoms with Gasteiger partial charge in [0, 0.05) is 6.42 Å². The summed E-state index contributed by atoms with van der Waals surface area (Å²) in [6.07, 6.45) is -0.493. The first-order valence-corrected chi connectivity index (χ1v) is 2.79. The van der Waals surface area contributed by atoms with Crippen LogP contribution in [0.4, 0.5) is 17.6 Å². The number of rotatable bonds is 0. The smallest absolute Gasteiger partial charge is 0.199 e. The van der Waals surface area contributed by atoms with Gasteiger partial charge in [0.05, 0.1) is 0 Å². The van der Waals surface area contributed by atoms with Gasteiger partial charge in [-0.2, -0.15) is 17.6 Å². The molecule has 58 valence electrons. The molecule has 0 bridgehead atoms. The Morgan fingerprint density at radius 1 is 1.30 bits per heavy atom. The molecule has 1 aliphatic rings. The van der Waals surface area contributed by atoms with Crippen LogP contribution in [-0.2, 0) is 0 Å². The van der Waals surface area contributed by atoms with Crippen LogP contribution in [0.1, 0.15) is 13.3 Å². The summed E-state index contributed by atoms with van der Waals surface area (Å²) >= 11 is 0. The van der Waals surface area contributed by atoms with Gasteiger partial charge in [0.15, 0.2) is 0 Å². The summed E-state index contributed by atoms with van der Waals surface area (Å²) < 4.78 is 48.6. The SMILES string of the molecule is CC1=CC(F)(F)C(F)(F)C1. The minimum atomic E-state index is -3.93. The normalized spacial score (nSPS) is 28.3. The van der Waals surface area contributed by atoms with E-state index in [4.69, 9.17) is 0 Å². The van der Waals surface area contributed by atoms with Gasteiger partial charge < -0.3 is 0 Å². The van der Waals surface area contributed by atoms with Crippen molar-refractivity contribution < 1.29 is 17.6 Å². The van der Waals surface area contributed by atoms with E-state index < -0.39 is 18.3 Å². The molecular weight excluding hydrogens is 148 g/mol. The van der Waals surface area contributed by atoms with E-state index in [9.17, 15) is 17.6 Å². The van der Waals surface area contributed by atoms with E-state index >= 15 is 0 Å². The molecule has 0 fully saturated rings. The van der Waals surface area contributed by atoms with Gasteiger partial charge in [-0.3, -0.25) is 0 Å². The topological polar surface area (TPSA) is 0 Å². The fourth-order valence-corrected chi connectivity index (χ4v) is 0.934. The molecule has 0 unspecified atom stereocenters. The highest BCUT2D eigenvalue weighted by atomic mass is 19.3. The molecule has 0 heterocycles. The first-order valence-electron chi connectivity index (χ1n) is 2.79. The molecule has 0 saturated heterocycles. The zero-order valence-corrected chi connectivity index (χ0v) is 5.30. The Morgan fingerprint density at radius 2 is 1.80 bits per heavy atom. The molecule has 4 heteroatoms. The first-order chi connectivity index (χ1) is 4.35. The van der Waals surface area contributed by atoms with Crippen LogP contribution < -0.4 is 0 Å². The van der Waals surface area contributed by atoms with Crippen molar-refractivity contribution in [3.05, 3.63) is 11.6 Å². The zero-order valence-electron chi connectivity index (χ0n) is 5.30. The maximum Gasteiger partial charge on any atom is 0.329 e. The molecule has 0 radical (unpaired) electrons. The van der Waals surface area contributed by atoms with E-state index in [0.717, 1.165) is 0 Å². The highest BCUT2D eigenvalue weighted by molar-refractivity contribution is 5.20. The molecule has 0 aromatic rings. The van der Waals surface area contributed by atoms with Gasteiger partial charge in [0.1, 0.15) is 0 Å². The van der Waals surface area contributed by atoms with Crippen molar-refractivity contribution in [3.8, 4) is 0 Å². The Morgan fingerprint density at radius 3 is 1.90 bits per heavy atom. The van der Waals surface area contributed by atoms with Crippen LogP contribution in [-0.4, -0.2) is 11.8 Å². The number of halogens is 4. The van der Waals surface area contributed by atoms with Crippen LogP contribution in [0.3, 0.4) is 0 Å². The summed E-state index contributed by atoms with van der Waals surface area (Å²) in [6, 6.07) is 0. The third-order valence-corrected chi connectivity index (χ3v) is 1.42. The lowest BCUT2D eigenvalue weighted by Gasteiger charge is -2.16. The molecule has 10 heavy (non-hydrogen) atoms. The van der Waals surface area contributed by atoms with Gasteiger partial charge >= 0.3 is 11.8 Å². The van der Waals surface area contributed by atoms with Gasteiger partial charge in [0.2, 0.25) is 0 Å². The van der Waals surface area contributed by atoms with E-state index in [1.165, 1.54) is 6.92 Å². The van der Waals surface area contributed by atoms with Gasteiger partial charge in [-0.15, -0.1) is 0 Å². The lowest BCUT2D eigenvalue weighted by molar-refractivity contribution is -0.167. The Labute approximate surface area is 55.5 Å². The van der Waals surface area contributed by atoms with Crippen molar-refractivity contribution in [1.29, 1.82) is 0 Å². The van der Waals surface area contributed by atoms with E-state index in [0.29, 0.717) is 6.08 Å². The summed E-state index contributed by atoms with van der Waals surface area (Å²) in [5, 5.41) is 0. The minimum Gasteiger partial charge on any atom is -0.199 e.